The van der Waals surface area contributed by atoms with Gasteiger partial charge in [-0.05, 0) is 0 Å². The van der Waals surface area contributed by atoms with Gasteiger partial charge in [0, 0.05) is 46.7 Å². The van der Waals surface area contributed by atoms with E-state index in [-0.39, 0.29) is 23.6 Å². The minimum absolute atomic E-state index is 0.273. The molecule has 5 aromatic rings. The molecule has 33 heavy (non-hydrogen) atoms. The third-order valence-electron chi connectivity index (χ3n) is 5.96. The molecule has 0 bridgehead atoms. The first-order valence-electron chi connectivity index (χ1n) is 9.69. The van der Waals surface area contributed by atoms with E-state index in [0.717, 1.165) is 49.9 Å². The van der Waals surface area contributed by atoms with Gasteiger partial charge in [-0.15, -0.1) is 45.3 Å². The van der Waals surface area contributed by atoms with Crippen LogP contribution >= 0.6 is 45.3 Å². The number of carbonyl (C=O) groups excluding carboxylic acids is 4. The molecule has 7 heterocycles. The zero-order valence-corrected chi connectivity index (χ0v) is 20.1. The van der Waals surface area contributed by atoms with Gasteiger partial charge in [0.05, 0.1) is 41.4 Å². The van der Waals surface area contributed by atoms with Crippen LogP contribution in [-0.2, 0) is 0 Å². The van der Waals surface area contributed by atoms with Crippen molar-refractivity contribution in [2.24, 2.45) is 0 Å². The van der Waals surface area contributed by atoms with Crippen LogP contribution in [0.1, 0.15) is 41.4 Å². The van der Waals surface area contributed by atoms with Gasteiger partial charge in [-0.3, -0.25) is 29.0 Å². The highest BCUT2D eigenvalue weighted by molar-refractivity contribution is 7.32. The molecule has 5 aromatic heterocycles. The van der Waals surface area contributed by atoms with Gasteiger partial charge in [0.15, 0.2) is 0 Å². The molecule has 0 saturated carbocycles. The molecule has 0 saturated heterocycles. The Hall–Kier alpha value is -3.12. The molecule has 2 aliphatic rings. The molecule has 0 N–H and O–H groups in total. The standard InChI is InChI=1S/C22H10N2O5S4/c1-23-19(25)7-5-30-17(13(7)21(23)27)11-3-9-15(32-11)16-10(29-9)4-12(33-16)18-14-8(6-31-18)20(26)24(2)22(14)28/h3-6H,1-2H3. The van der Waals surface area contributed by atoms with Crippen molar-refractivity contribution in [3.8, 4) is 19.5 Å². The van der Waals surface area contributed by atoms with Crippen LogP contribution in [0.4, 0.5) is 0 Å². The molecule has 0 atom stereocenters. The highest BCUT2D eigenvalue weighted by Crippen LogP contribution is 2.49. The lowest BCUT2D eigenvalue weighted by atomic mass is 10.1. The largest absolute Gasteiger partial charge is 0.454 e. The normalized spacial score (nSPS) is 15.7. The third kappa shape index (κ3) is 2.32. The molecule has 7 nitrogen and oxygen atoms in total. The summed E-state index contributed by atoms with van der Waals surface area (Å²) in [5.41, 5.74) is 3.26. The van der Waals surface area contributed by atoms with Gasteiger partial charge >= 0.3 is 0 Å². The second-order valence-corrected chi connectivity index (χ2v) is 11.6. The van der Waals surface area contributed by atoms with E-state index in [2.05, 4.69) is 0 Å². The van der Waals surface area contributed by atoms with E-state index in [1.54, 1.807) is 10.8 Å². The van der Waals surface area contributed by atoms with Crippen LogP contribution in [0.3, 0.4) is 0 Å². The van der Waals surface area contributed by atoms with Gasteiger partial charge in [0.2, 0.25) is 0 Å². The molecule has 0 unspecified atom stereocenters. The number of furan rings is 1. The summed E-state index contributed by atoms with van der Waals surface area (Å²) in [6.07, 6.45) is 0. The maximum Gasteiger partial charge on any atom is 0.262 e. The maximum atomic E-state index is 12.6. The summed E-state index contributed by atoms with van der Waals surface area (Å²) in [6, 6.07) is 3.82. The summed E-state index contributed by atoms with van der Waals surface area (Å²) in [5.74, 6) is -1.11. The minimum atomic E-state index is -0.282. The van der Waals surface area contributed by atoms with Crippen LogP contribution in [0.5, 0.6) is 0 Å². The van der Waals surface area contributed by atoms with Crippen LogP contribution < -0.4 is 0 Å². The molecule has 0 spiro atoms. The fraction of sp³-hybridized carbons (Fsp3) is 0.0909. The quantitative estimate of drug-likeness (QED) is 0.288. The van der Waals surface area contributed by atoms with Crippen LogP contribution in [0.25, 0.3) is 40.1 Å². The fourth-order valence-electron chi connectivity index (χ4n) is 4.26. The van der Waals surface area contributed by atoms with E-state index in [9.17, 15) is 19.2 Å². The highest BCUT2D eigenvalue weighted by Gasteiger charge is 2.38. The minimum Gasteiger partial charge on any atom is -0.454 e. The van der Waals surface area contributed by atoms with Crippen LogP contribution in [0, 0.1) is 0 Å². The molecule has 0 aromatic carbocycles. The number of hydrogen-bond donors (Lipinski definition) is 0. The number of fused-ring (bicyclic) bond motifs is 5. The summed E-state index contributed by atoms with van der Waals surface area (Å²) >= 11 is 5.81. The van der Waals surface area contributed by atoms with Crippen molar-refractivity contribution in [3.05, 3.63) is 45.1 Å². The fourth-order valence-corrected chi connectivity index (χ4v) is 8.89. The van der Waals surface area contributed by atoms with E-state index < -0.39 is 0 Å². The van der Waals surface area contributed by atoms with E-state index in [1.807, 2.05) is 12.1 Å². The zero-order chi connectivity index (χ0) is 22.8. The molecule has 0 aliphatic carbocycles. The average molecular weight is 511 g/mol. The number of amides is 4. The number of imide groups is 2. The number of hydrogen-bond acceptors (Lipinski definition) is 9. The van der Waals surface area contributed by atoms with Crippen molar-refractivity contribution in [1.82, 2.24) is 9.80 Å². The van der Waals surface area contributed by atoms with Crippen molar-refractivity contribution < 1.29 is 23.6 Å². The zero-order valence-electron chi connectivity index (χ0n) is 16.9. The van der Waals surface area contributed by atoms with Crippen molar-refractivity contribution in [2.75, 3.05) is 14.1 Å². The van der Waals surface area contributed by atoms with E-state index in [4.69, 9.17) is 4.42 Å². The smallest absolute Gasteiger partial charge is 0.262 e. The SMILES string of the molecule is CN1C(=O)c2csc(-c3cc4oc5cc(-c6scc7c6C(=O)N(C)C7=O)sc5c4s3)c2C1=O. The van der Waals surface area contributed by atoms with Gasteiger partial charge in [0.1, 0.15) is 11.2 Å². The molecule has 162 valence electrons. The molecule has 7 rings (SSSR count). The van der Waals surface area contributed by atoms with Crippen LogP contribution in [0.2, 0.25) is 0 Å². The lowest BCUT2D eigenvalue weighted by Crippen LogP contribution is -2.24. The Bertz CT molecular complexity index is 1620. The monoisotopic (exact) mass is 510 g/mol. The number of carbonyl (C=O) groups is 4. The molecular weight excluding hydrogens is 501 g/mol. The van der Waals surface area contributed by atoms with Crippen molar-refractivity contribution >= 4 is 89.5 Å². The first-order valence-corrected chi connectivity index (χ1v) is 13.1. The molecule has 0 radical (unpaired) electrons. The molecule has 4 amide bonds. The summed E-state index contributed by atoms with van der Waals surface area (Å²) in [4.78, 5) is 55.3. The Morgan fingerprint density at radius 3 is 1.52 bits per heavy atom. The first kappa shape index (κ1) is 19.4. The topological polar surface area (TPSA) is 87.9 Å². The van der Waals surface area contributed by atoms with Crippen molar-refractivity contribution in [3.63, 3.8) is 0 Å². The Morgan fingerprint density at radius 1 is 0.667 bits per heavy atom. The Labute approximate surface area is 201 Å². The number of rotatable bonds is 2. The van der Waals surface area contributed by atoms with E-state index >= 15 is 0 Å². The summed E-state index contributed by atoms with van der Waals surface area (Å²) in [6.45, 7) is 0. The average Bonchev–Trinajstić information content (AvgIpc) is 3.61. The van der Waals surface area contributed by atoms with Crippen LogP contribution in [0.15, 0.2) is 27.3 Å². The summed E-state index contributed by atoms with van der Waals surface area (Å²) in [5, 5.41) is 3.48. The predicted molar refractivity (Wildman–Crippen MR) is 129 cm³/mol. The van der Waals surface area contributed by atoms with Gasteiger partial charge in [-0.25, -0.2) is 0 Å². The summed E-state index contributed by atoms with van der Waals surface area (Å²) < 4.78 is 8.00. The Balaban J connectivity index is 1.35. The van der Waals surface area contributed by atoms with Gasteiger partial charge < -0.3 is 4.42 Å². The second-order valence-electron chi connectivity index (χ2n) is 7.76. The van der Waals surface area contributed by atoms with Crippen LogP contribution in [-0.4, -0.2) is 47.5 Å². The van der Waals surface area contributed by atoms with Gasteiger partial charge in [-0.2, -0.15) is 0 Å². The lowest BCUT2D eigenvalue weighted by Gasteiger charge is -2.04. The Kier molecular flexibility index (Phi) is 3.67. The number of thiophene rings is 4. The summed E-state index contributed by atoms with van der Waals surface area (Å²) in [7, 11) is 2.99. The Morgan fingerprint density at radius 2 is 1.09 bits per heavy atom. The van der Waals surface area contributed by atoms with Crippen molar-refractivity contribution in [2.45, 2.75) is 0 Å². The maximum absolute atomic E-state index is 12.6. The molecule has 2 aliphatic heterocycles. The second kappa shape index (κ2) is 6.26. The lowest BCUT2D eigenvalue weighted by molar-refractivity contribution is 0.0678. The first-order chi connectivity index (χ1) is 15.8. The van der Waals surface area contributed by atoms with Gasteiger partial charge in [0.25, 0.3) is 23.6 Å². The molecule has 0 fully saturated rings. The number of nitrogens with zero attached hydrogens (tertiary/aromatic N) is 2. The van der Waals surface area contributed by atoms with Gasteiger partial charge in [-0.1, -0.05) is 0 Å². The predicted octanol–water partition coefficient (Wildman–Crippen LogP) is 5.62. The third-order valence-corrected chi connectivity index (χ3v) is 10.7. The van der Waals surface area contributed by atoms with E-state index in [1.165, 1.54) is 59.4 Å². The molecular formula is C22H10N2O5S4. The van der Waals surface area contributed by atoms with E-state index in [0.29, 0.717) is 22.3 Å². The molecule has 11 heteroatoms. The highest BCUT2D eigenvalue weighted by atomic mass is 32.1. The van der Waals surface area contributed by atoms with Crippen molar-refractivity contribution in [1.29, 1.82) is 0 Å².